The van der Waals surface area contributed by atoms with E-state index in [4.69, 9.17) is 5.11 Å². The first kappa shape index (κ1) is 10.9. The highest BCUT2D eigenvalue weighted by Gasteiger charge is 2.31. The van der Waals surface area contributed by atoms with E-state index in [-0.39, 0.29) is 6.04 Å². The van der Waals surface area contributed by atoms with E-state index in [1.165, 1.54) is 19.4 Å². The lowest BCUT2D eigenvalue weighted by atomic mass is 10.2. The van der Waals surface area contributed by atoms with Crippen molar-refractivity contribution in [1.29, 1.82) is 0 Å². The predicted molar refractivity (Wildman–Crippen MR) is 57.9 cm³/mol. The van der Waals surface area contributed by atoms with E-state index in [0.717, 1.165) is 26.1 Å². The number of hydrogen-bond donors (Lipinski definition) is 1. The van der Waals surface area contributed by atoms with Crippen LogP contribution in [0.1, 0.15) is 26.2 Å². The molecule has 2 atom stereocenters. The highest BCUT2D eigenvalue weighted by molar-refractivity contribution is 5.72. The maximum Gasteiger partial charge on any atom is 0.320 e. The lowest BCUT2D eigenvalue weighted by Crippen LogP contribution is -2.44. The molecule has 2 unspecified atom stereocenters. The molecule has 4 nitrogen and oxygen atoms in total. The first-order valence-electron chi connectivity index (χ1n) is 5.89. The smallest absolute Gasteiger partial charge is 0.320 e. The van der Waals surface area contributed by atoms with Crippen molar-refractivity contribution in [3.63, 3.8) is 0 Å². The van der Waals surface area contributed by atoms with Crippen molar-refractivity contribution in [2.75, 3.05) is 26.2 Å². The molecule has 2 aliphatic rings. The van der Waals surface area contributed by atoms with Crippen molar-refractivity contribution in [2.45, 2.75) is 38.3 Å². The van der Waals surface area contributed by atoms with Gasteiger partial charge in [-0.25, -0.2) is 0 Å². The van der Waals surface area contributed by atoms with E-state index >= 15 is 0 Å². The predicted octanol–water partition coefficient (Wildman–Crippen LogP) is 0.630. The van der Waals surface area contributed by atoms with E-state index < -0.39 is 5.97 Å². The van der Waals surface area contributed by atoms with E-state index in [2.05, 4.69) is 9.80 Å². The third-order valence-electron chi connectivity index (χ3n) is 3.74. The van der Waals surface area contributed by atoms with Crippen molar-refractivity contribution >= 4 is 5.97 Å². The number of hydrogen-bond acceptors (Lipinski definition) is 3. The Balaban J connectivity index is 1.99. The molecule has 15 heavy (non-hydrogen) atoms. The molecule has 0 aliphatic carbocycles. The summed E-state index contributed by atoms with van der Waals surface area (Å²) in [6.07, 6.45) is 3.62. The Morgan fingerprint density at radius 2 is 2.07 bits per heavy atom. The van der Waals surface area contributed by atoms with E-state index in [1.807, 2.05) is 0 Å². The summed E-state index contributed by atoms with van der Waals surface area (Å²) in [6.45, 7) is 6.02. The van der Waals surface area contributed by atoms with E-state index in [0.29, 0.717) is 6.04 Å². The quantitative estimate of drug-likeness (QED) is 0.729. The van der Waals surface area contributed by atoms with Gasteiger partial charge in [0.25, 0.3) is 0 Å². The number of fused-ring (bicyclic) bond motifs is 1. The summed E-state index contributed by atoms with van der Waals surface area (Å²) in [6, 6.07) is 0.278. The van der Waals surface area contributed by atoms with Crippen LogP contribution in [0.15, 0.2) is 0 Å². The summed E-state index contributed by atoms with van der Waals surface area (Å²) in [5.74, 6) is -0.693. The average molecular weight is 212 g/mol. The second kappa shape index (κ2) is 4.49. The molecule has 0 amide bonds. The summed E-state index contributed by atoms with van der Waals surface area (Å²) in [7, 11) is 0. The van der Waals surface area contributed by atoms with Gasteiger partial charge < -0.3 is 5.11 Å². The van der Waals surface area contributed by atoms with Crippen LogP contribution in [0.3, 0.4) is 0 Å². The molecule has 0 spiro atoms. The topological polar surface area (TPSA) is 43.8 Å². The Morgan fingerprint density at radius 3 is 2.80 bits per heavy atom. The zero-order chi connectivity index (χ0) is 10.8. The highest BCUT2D eigenvalue weighted by atomic mass is 16.4. The van der Waals surface area contributed by atoms with Gasteiger partial charge in [0, 0.05) is 19.1 Å². The van der Waals surface area contributed by atoms with Crippen molar-refractivity contribution in [2.24, 2.45) is 0 Å². The molecular formula is C11H20N2O2. The molecule has 86 valence electrons. The number of carbonyl (C=O) groups is 1. The fraction of sp³-hybridized carbons (Fsp3) is 0.909. The van der Waals surface area contributed by atoms with Crippen LogP contribution in [-0.4, -0.2) is 59.1 Å². The van der Waals surface area contributed by atoms with Crippen molar-refractivity contribution in [3.8, 4) is 0 Å². The van der Waals surface area contributed by atoms with Gasteiger partial charge in [0.05, 0.1) is 0 Å². The number of aliphatic carboxylic acids is 1. The van der Waals surface area contributed by atoms with Gasteiger partial charge in [0.1, 0.15) is 6.04 Å². The Morgan fingerprint density at radius 1 is 1.33 bits per heavy atom. The lowest BCUT2D eigenvalue weighted by Gasteiger charge is -2.28. The zero-order valence-electron chi connectivity index (χ0n) is 9.35. The van der Waals surface area contributed by atoms with Crippen LogP contribution in [0.2, 0.25) is 0 Å². The minimum absolute atomic E-state index is 0.328. The molecule has 2 aliphatic heterocycles. The summed E-state index contributed by atoms with van der Waals surface area (Å²) in [5, 5.41) is 9.01. The van der Waals surface area contributed by atoms with Gasteiger partial charge in [-0.15, -0.1) is 0 Å². The van der Waals surface area contributed by atoms with Gasteiger partial charge >= 0.3 is 5.97 Å². The Hall–Kier alpha value is -0.610. The third kappa shape index (κ3) is 2.32. The second-order valence-corrected chi connectivity index (χ2v) is 4.69. The molecule has 1 N–H and O–H groups in total. The Bertz CT molecular complexity index is 245. The maximum absolute atomic E-state index is 10.9. The van der Waals surface area contributed by atoms with Gasteiger partial charge in [-0.3, -0.25) is 14.6 Å². The normalized spacial score (nSPS) is 30.9. The molecule has 2 heterocycles. The van der Waals surface area contributed by atoms with Crippen molar-refractivity contribution in [1.82, 2.24) is 9.80 Å². The molecule has 2 saturated heterocycles. The first-order chi connectivity index (χ1) is 7.18. The van der Waals surface area contributed by atoms with Gasteiger partial charge in [-0.05, 0) is 39.3 Å². The summed E-state index contributed by atoms with van der Waals surface area (Å²) in [4.78, 5) is 15.6. The summed E-state index contributed by atoms with van der Waals surface area (Å²) in [5.41, 5.74) is 0. The first-order valence-corrected chi connectivity index (χ1v) is 5.89. The van der Waals surface area contributed by atoms with Gasteiger partial charge in [-0.2, -0.15) is 0 Å². The molecule has 0 bridgehead atoms. The largest absolute Gasteiger partial charge is 0.480 e. The van der Waals surface area contributed by atoms with Gasteiger partial charge in [-0.1, -0.05) is 0 Å². The van der Waals surface area contributed by atoms with E-state index in [1.54, 1.807) is 6.92 Å². The van der Waals surface area contributed by atoms with Crippen molar-refractivity contribution < 1.29 is 9.90 Å². The maximum atomic E-state index is 10.9. The standard InChI is InChI=1S/C11H20N2O2/c1-9(11(14)15)13-7-3-6-12-5-2-4-10(12)8-13/h9-10H,2-8H2,1H3,(H,14,15). The zero-order valence-corrected chi connectivity index (χ0v) is 9.35. The van der Waals surface area contributed by atoms with Crippen LogP contribution < -0.4 is 0 Å². The van der Waals surface area contributed by atoms with Crippen LogP contribution >= 0.6 is 0 Å². The van der Waals surface area contributed by atoms with Gasteiger partial charge in [0.15, 0.2) is 0 Å². The molecule has 0 saturated carbocycles. The Kier molecular flexibility index (Phi) is 3.26. The molecule has 4 heteroatoms. The highest BCUT2D eigenvalue weighted by Crippen LogP contribution is 2.22. The Labute approximate surface area is 90.9 Å². The average Bonchev–Trinajstić information content (AvgIpc) is 2.54. The molecule has 0 aromatic carbocycles. The SMILES string of the molecule is CC(C(=O)O)N1CCCN2CCCC2C1. The molecule has 2 fully saturated rings. The number of carboxylic acids is 1. The minimum Gasteiger partial charge on any atom is -0.480 e. The number of carboxylic acid groups (broad SMARTS) is 1. The minimum atomic E-state index is -0.693. The van der Waals surface area contributed by atoms with Crippen LogP contribution in [0.5, 0.6) is 0 Å². The van der Waals surface area contributed by atoms with E-state index in [9.17, 15) is 4.79 Å². The molecule has 0 aromatic rings. The lowest BCUT2D eigenvalue weighted by molar-refractivity contribution is -0.142. The van der Waals surface area contributed by atoms with Crippen LogP contribution in [-0.2, 0) is 4.79 Å². The summed E-state index contributed by atoms with van der Waals surface area (Å²) >= 11 is 0. The van der Waals surface area contributed by atoms with Crippen LogP contribution in [0.25, 0.3) is 0 Å². The fourth-order valence-corrected chi connectivity index (χ4v) is 2.74. The van der Waals surface area contributed by atoms with Gasteiger partial charge in [0.2, 0.25) is 0 Å². The molecule has 0 radical (unpaired) electrons. The molecule has 0 aromatic heterocycles. The summed E-state index contributed by atoms with van der Waals surface area (Å²) < 4.78 is 0. The molecular weight excluding hydrogens is 192 g/mol. The number of rotatable bonds is 2. The number of nitrogens with zero attached hydrogens (tertiary/aromatic N) is 2. The van der Waals surface area contributed by atoms with Crippen LogP contribution in [0, 0.1) is 0 Å². The van der Waals surface area contributed by atoms with Crippen molar-refractivity contribution in [3.05, 3.63) is 0 Å². The monoisotopic (exact) mass is 212 g/mol. The molecule has 2 rings (SSSR count). The fourth-order valence-electron chi connectivity index (χ4n) is 2.74. The third-order valence-corrected chi connectivity index (χ3v) is 3.74. The van der Waals surface area contributed by atoms with Crippen LogP contribution in [0.4, 0.5) is 0 Å². The second-order valence-electron chi connectivity index (χ2n) is 4.69.